The summed E-state index contributed by atoms with van der Waals surface area (Å²) < 4.78 is 0. The topological polar surface area (TPSA) is 137 Å². The van der Waals surface area contributed by atoms with E-state index in [9.17, 15) is 38.4 Å². The Kier molecular flexibility index (Phi) is 34.9. The summed E-state index contributed by atoms with van der Waals surface area (Å²) in [6, 6.07) is 18.2. The number of rotatable bonds is 12. The number of aryl methyl sites for hydroxylation is 1. The van der Waals surface area contributed by atoms with E-state index in [4.69, 9.17) is 0 Å². The molecule has 8 nitrogen and oxygen atoms in total. The van der Waals surface area contributed by atoms with Gasteiger partial charge in [-0.2, -0.15) is 0 Å². The molecule has 2 atom stereocenters. The van der Waals surface area contributed by atoms with E-state index >= 15 is 0 Å². The number of hydrogen-bond acceptors (Lipinski definition) is 8. The van der Waals surface area contributed by atoms with Crippen LogP contribution in [0.25, 0.3) is 0 Å². The lowest BCUT2D eigenvalue weighted by molar-refractivity contribution is -0.152. The molecule has 0 spiro atoms. The molecule has 2 aromatic carbocycles. The molecule has 590 valence electrons. The van der Waals surface area contributed by atoms with Crippen molar-refractivity contribution < 1.29 is 38.4 Å². The van der Waals surface area contributed by atoms with E-state index in [1.807, 2.05) is 201 Å². The Balaban J connectivity index is 0.000000310. The fourth-order valence-electron chi connectivity index (χ4n) is 17.4. The van der Waals surface area contributed by atoms with Crippen LogP contribution < -0.4 is 0 Å². The van der Waals surface area contributed by atoms with Gasteiger partial charge in [-0.25, -0.2) is 0 Å². The van der Waals surface area contributed by atoms with Gasteiger partial charge in [-0.3, -0.25) is 38.4 Å². The largest absolute Gasteiger partial charge is 0.299 e. The predicted octanol–water partition coefficient (Wildman–Crippen LogP) is 25.9. The minimum atomic E-state index is -0.273. The van der Waals surface area contributed by atoms with Crippen molar-refractivity contribution in [3.8, 4) is 0 Å². The lowest BCUT2D eigenvalue weighted by Gasteiger charge is -2.57. The number of benzene rings is 2. The van der Waals surface area contributed by atoms with Gasteiger partial charge in [-0.15, -0.1) is 0 Å². The highest BCUT2D eigenvalue weighted by molar-refractivity contribution is 5.92. The van der Waals surface area contributed by atoms with E-state index in [0.29, 0.717) is 70.4 Å². The van der Waals surface area contributed by atoms with E-state index in [2.05, 4.69) is 66.7 Å². The number of carbonyl (C=O) groups is 8. The molecule has 0 N–H and O–H groups in total. The fraction of sp³-hybridized carbons (Fsp3) is 0.771. The van der Waals surface area contributed by atoms with Crippen molar-refractivity contribution in [2.24, 2.45) is 101 Å². The first-order valence-corrected chi connectivity index (χ1v) is 41.5. The molecule has 9 aliphatic carbocycles. The molecule has 8 heteroatoms. The van der Waals surface area contributed by atoms with Crippen LogP contribution in [0.2, 0.25) is 0 Å². The zero-order valence-corrected chi connectivity index (χ0v) is 72.6. The second-order valence-electron chi connectivity index (χ2n) is 42.9. The monoisotopic (exact) mass is 1440 g/mol. The van der Waals surface area contributed by atoms with Gasteiger partial charge in [0.2, 0.25) is 0 Å². The summed E-state index contributed by atoms with van der Waals surface area (Å²) in [5.41, 5.74) is 2.28. The van der Waals surface area contributed by atoms with E-state index < -0.39 is 0 Å². The molecule has 11 rings (SSSR count). The SMILES string of the molecule is CC(C)(C)C(=O)C1(C)CC1.CC(C)(C)C(=O)C1(C)CCCCC1.CC(C)(C)C(=O)C12CC3CC(CC(C3)C1)C2.CC(C)(C)C(=O)C1CC=CCC1.CC(C)(C)C(=O)C1CCCC1.CC(C)(C)C(=O)CC1CCCC1.CC(C)C(C(=O)C(C)(C)C)c1ccccc1.Cc1cccc(CC(=O)C(C)(C)C)c1. The molecule has 2 aromatic rings. The molecule has 0 saturated heterocycles. The highest BCUT2D eigenvalue weighted by Crippen LogP contribution is 2.62. The van der Waals surface area contributed by atoms with Crippen LogP contribution in [0.1, 0.15) is 377 Å². The molecule has 4 bridgehead atoms. The molecule has 2 unspecified atom stereocenters. The van der Waals surface area contributed by atoms with Crippen molar-refractivity contribution in [1.29, 1.82) is 0 Å². The van der Waals surface area contributed by atoms with Crippen molar-refractivity contribution in [2.45, 2.75) is 374 Å². The van der Waals surface area contributed by atoms with Crippen molar-refractivity contribution in [3.05, 3.63) is 83.4 Å². The highest BCUT2D eigenvalue weighted by Gasteiger charge is 2.56. The summed E-state index contributed by atoms with van der Waals surface area (Å²) in [4.78, 5) is 95.6. The van der Waals surface area contributed by atoms with Crippen LogP contribution in [0, 0.1) is 108 Å². The molecule has 9 aliphatic rings. The second kappa shape index (κ2) is 38.8. The van der Waals surface area contributed by atoms with Crippen molar-refractivity contribution in [3.63, 3.8) is 0 Å². The Morgan fingerprint density at radius 2 is 0.846 bits per heavy atom. The first kappa shape index (κ1) is 93.7. The Morgan fingerprint density at radius 1 is 0.423 bits per heavy atom. The van der Waals surface area contributed by atoms with E-state index in [-0.39, 0.29) is 71.4 Å². The summed E-state index contributed by atoms with van der Waals surface area (Å²) in [5.74, 6) is 7.80. The van der Waals surface area contributed by atoms with Crippen molar-refractivity contribution in [1.82, 2.24) is 0 Å². The average Bonchev–Trinajstić information content (AvgIpc) is 0.918. The lowest BCUT2D eigenvalue weighted by atomic mass is 9.47. The first-order valence-electron chi connectivity index (χ1n) is 41.5. The lowest BCUT2D eigenvalue weighted by Crippen LogP contribution is -2.52. The molecule has 0 heterocycles. The standard InChI is InChI=1S/C15H24O.C15H22O.C13H18O.C12H22O.C11H20O.C11H18O.C10H18O.C9H16O/c1-14(2,3)13(16)15-7-10-4-11(8-15)6-12(5-10)9-15;1-11(2)13(14(16)15(3,4)5)12-9-7-6-8-10-12;1-10-6-5-7-11(8-10)9-12(14)13(2,3)4;1-11(2,3)10(13)12(4)8-6-5-7-9-12;1-11(2,3)10(12)8-9-6-4-5-7-9;1-11(2,3)10(12)9-7-5-4-6-8-9;1-10(2,3)9(11)8-6-4-5-7-8;1-8(2,3)7(10)9(4)5-6-9/h10-12H,4-9H2,1-3H3;6-11,13H,1-5H3;5-8H,9H2,1-4H3;5-9H2,1-4H3;9H,4-8H2,1-3H3;4-5,9H,6-8H2,1-3H3;8H,4-7H2,1-3H3;5-6H2,1-4H3. The molecule has 0 aliphatic heterocycles. The molecular formula is C96H158O8. The molecule has 0 aromatic heterocycles. The Morgan fingerprint density at radius 3 is 1.21 bits per heavy atom. The Bertz CT molecular complexity index is 3040. The number of ketones is 8. The molecule has 0 radical (unpaired) electrons. The van der Waals surface area contributed by atoms with Gasteiger partial charge in [0, 0.05) is 90.2 Å². The van der Waals surface area contributed by atoms with Crippen LogP contribution in [0.15, 0.2) is 66.7 Å². The van der Waals surface area contributed by atoms with E-state index in [0.717, 1.165) is 93.1 Å². The van der Waals surface area contributed by atoms with Gasteiger partial charge in [-0.1, -0.05) is 324 Å². The van der Waals surface area contributed by atoms with Gasteiger partial charge >= 0.3 is 0 Å². The van der Waals surface area contributed by atoms with Crippen molar-refractivity contribution in [2.75, 3.05) is 0 Å². The molecular weight excluding hydrogens is 1280 g/mol. The van der Waals surface area contributed by atoms with Gasteiger partial charge in [-0.05, 0) is 144 Å². The van der Waals surface area contributed by atoms with E-state index in [1.165, 1.54) is 102 Å². The summed E-state index contributed by atoms with van der Waals surface area (Å²) in [6.07, 6.45) is 34.9. The van der Waals surface area contributed by atoms with Crippen LogP contribution >= 0.6 is 0 Å². The maximum Gasteiger partial charge on any atom is 0.145 e. The minimum absolute atomic E-state index is 0.0150. The van der Waals surface area contributed by atoms with Gasteiger partial charge in [0.05, 0.1) is 0 Å². The molecule has 104 heavy (non-hydrogen) atoms. The Hall–Kier alpha value is -4.46. The average molecular weight is 1440 g/mol. The van der Waals surface area contributed by atoms with Gasteiger partial charge in [0.1, 0.15) is 46.3 Å². The third-order valence-electron chi connectivity index (χ3n) is 23.4. The molecule has 8 saturated carbocycles. The van der Waals surface area contributed by atoms with Crippen molar-refractivity contribution >= 4 is 46.3 Å². The van der Waals surface area contributed by atoms with Crippen LogP contribution in [0.4, 0.5) is 0 Å². The number of carbonyl (C=O) groups excluding carboxylic acids is 8. The maximum atomic E-state index is 12.7. The summed E-state index contributed by atoms with van der Waals surface area (Å²) in [6.45, 7) is 58.9. The zero-order valence-electron chi connectivity index (χ0n) is 72.6. The highest BCUT2D eigenvalue weighted by atomic mass is 16.2. The predicted molar refractivity (Wildman–Crippen MR) is 439 cm³/mol. The van der Waals surface area contributed by atoms with Gasteiger partial charge in [0.15, 0.2) is 0 Å². The van der Waals surface area contributed by atoms with Gasteiger partial charge in [0.25, 0.3) is 0 Å². The Labute approximate surface area is 639 Å². The minimum Gasteiger partial charge on any atom is -0.299 e. The normalized spacial score (nSPS) is 23.0. The first-order chi connectivity index (χ1) is 47.4. The zero-order chi connectivity index (χ0) is 79.6. The molecule has 0 amide bonds. The third-order valence-corrected chi connectivity index (χ3v) is 23.4. The fourth-order valence-corrected chi connectivity index (χ4v) is 17.4. The summed E-state index contributed by atoms with van der Waals surface area (Å²) >= 11 is 0. The van der Waals surface area contributed by atoms with Crippen LogP contribution in [-0.2, 0) is 44.8 Å². The molecule has 8 fully saturated rings. The van der Waals surface area contributed by atoms with Crippen LogP contribution in [-0.4, -0.2) is 46.3 Å². The van der Waals surface area contributed by atoms with Gasteiger partial charge < -0.3 is 0 Å². The van der Waals surface area contributed by atoms with E-state index in [1.54, 1.807) is 0 Å². The van der Waals surface area contributed by atoms with Crippen LogP contribution in [0.3, 0.4) is 0 Å². The van der Waals surface area contributed by atoms with Crippen LogP contribution in [0.5, 0.6) is 0 Å². The summed E-state index contributed by atoms with van der Waals surface area (Å²) in [7, 11) is 0. The maximum absolute atomic E-state index is 12.7. The third kappa shape index (κ3) is 30.9. The number of allylic oxidation sites excluding steroid dienone is 2. The smallest absolute Gasteiger partial charge is 0.145 e. The quantitative estimate of drug-likeness (QED) is 0.192. The summed E-state index contributed by atoms with van der Waals surface area (Å²) in [5, 5.41) is 0. The number of Topliss-reactive ketones (excluding diaryl/α,β-unsaturated/α-hetero) is 8. The number of hydrogen-bond donors (Lipinski definition) is 0. The second-order valence-corrected chi connectivity index (χ2v) is 42.9.